The third-order valence-corrected chi connectivity index (χ3v) is 3.67. The molecule has 1 aliphatic heterocycles. The molecule has 0 radical (unpaired) electrons. The van der Waals surface area contributed by atoms with E-state index >= 15 is 0 Å². The number of nitro benzene ring substituents is 1. The Kier molecular flexibility index (Phi) is 4.50. The number of rotatable bonds is 3. The van der Waals surface area contributed by atoms with Crippen molar-refractivity contribution in [1.82, 2.24) is 0 Å². The van der Waals surface area contributed by atoms with Crippen LogP contribution in [-0.2, 0) is 4.74 Å². The van der Waals surface area contributed by atoms with Crippen LogP contribution < -0.4 is 5.32 Å². The number of nitro groups is 1. The van der Waals surface area contributed by atoms with Crippen LogP contribution in [0.15, 0.2) is 12.1 Å². The summed E-state index contributed by atoms with van der Waals surface area (Å²) in [4.78, 5) is 10.2. The van der Waals surface area contributed by atoms with E-state index in [-0.39, 0.29) is 27.9 Å². The molecule has 1 fully saturated rings. The summed E-state index contributed by atoms with van der Waals surface area (Å²) in [5.41, 5.74) is 0.439. The number of halogens is 2. The van der Waals surface area contributed by atoms with Crippen LogP contribution in [0.25, 0.3) is 0 Å². The molecule has 0 aliphatic carbocycles. The molecule has 0 amide bonds. The fourth-order valence-electron chi connectivity index (χ4n) is 2.14. The van der Waals surface area contributed by atoms with Crippen molar-refractivity contribution in [3.63, 3.8) is 0 Å². The summed E-state index contributed by atoms with van der Waals surface area (Å²) in [6.07, 6.45) is 1.89. The normalized spacial score (nSPS) is 23.1. The number of nitrogens with zero attached hydrogens (tertiary/aromatic N) is 1. The van der Waals surface area contributed by atoms with Crippen LogP contribution in [0.4, 0.5) is 11.4 Å². The lowest BCUT2D eigenvalue weighted by molar-refractivity contribution is -0.384. The Morgan fingerprint density at radius 3 is 2.58 bits per heavy atom. The molecule has 0 spiro atoms. The summed E-state index contributed by atoms with van der Waals surface area (Å²) < 4.78 is 5.46. The van der Waals surface area contributed by atoms with E-state index in [1.165, 1.54) is 12.1 Å². The minimum Gasteiger partial charge on any atom is -0.380 e. The lowest BCUT2D eigenvalue weighted by Crippen LogP contribution is -2.32. The van der Waals surface area contributed by atoms with Gasteiger partial charge in [0, 0.05) is 24.8 Å². The van der Waals surface area contributed by atoms with Gasteiger partial charge < -0.3 is 10.1 Å². The van der Waals surface area contributed by atoms with Crippen molar-refractivity contribution < 1.29 is 9.66 Å². The van der Waals surface area contributed by atoms with Crippen LogP contribution in [0, 0.1) is 10.1 Å². The molecule has 2 unspecified atom stereocenters. The lowest BCUT2D eigenvalue weighted by Gasteiger charge is -2.29. The van der Waals surface area contributed by atoms with Crippen LogP contribution >= 0.6 is 23.2 Å². The Hall–Kier alpha value is -1.04. The van der Waals surface area contributed by atoms with Crippen molar-refractivity contribution >= 4 is 34.6 Å². The fourth-order valence-corrected chi connectivity index (χ4v) is 2.72. The first-order valence-electron chi connectivity index (χ1n) is 5.99. The average molecular weight is 305 g/mol. The van der Waals surface area contributed by atoms with Crippen LogP contribution in [0.2, 0.25) is 10.0 Å². The summed E-state index contributed by atoms with van der Waals surface area (Å²) >= 11 is 12.1. The molecular formula is C12H14Cl2N2O3. The second-order valence-electron chi connectivity index (χ2n) is 4.59. The molecule has 1 aromatic rings. The highest BCUT2D eigenvalue weighted by Gasteiger charge is 2.22. The van der Waals surface area contributed by atoms with E-state index in [1.807, 2.05) is 6.92 Å². The van der Waals surface area contributed by atoms with Crippen molar-refractivity contribution in [3.8, 4) is 0 Å². The number of nitrogens with one attached hydrogen (secondary N) is 1. The van der Waals surface area contributed by atoms with E-state index in [0.717, 1.165) is 12.8 Å². The Balaban J connectivity index is 2.18. The molecule has 104 valence electrons. The van der Waals surface area contributed by atoms with Crippen LogP contribution in [0.1, 0.15) is 19.8 Å². The first kappa shape index (κ1) is 14.4. The van der Waals surface area contributed by atoms with Crippen molar-refractivity contribution in [1.29, 1.82) is 0 Å². The topological polar surface area (TPSA) is 64.4 Å². The molecule has 1 aliphatic rings. The summed E-state index contributed by atoms with van der Waals surface area (Å²) in [6, 6.07) is 2.82. The van der Waals surface area contributed by atoms with Gasteiger partial charge in [-0.15, -0.1) is 0 Å². The molecule has 0 saturated carbocycles. The summed E-state index contributed by atoms with van der Waals surface area (Å²) in [6.45, 7) is 2.69. The predicted molar refractivity (Wildman–Crippen MR) is 75.2 cm³/mol. The van der Waals surface area contributed by atoms with Gasteiger partial charge in [-0.2, -0.15) is 0 Å². The van der Waals surface area contributed by atoms with Crippen molar-refractivity contribution in [2.24, 2.45) is 0 Å². The van der Waals surface area contributed by atoms with E-state index in [0.29, 0.717) is 12.3 Å². The summed E-state index contributed by atoms with van der Waals surface area (Å²) in [7, 11) is 0. The quantitative estimate of drug-likeness (QED) is 0.680. The first-order chi connectivity index (χ1) is 8.97. The Bertz CT molecular complexity index is 473. The lowest BCUT2D eigenvalue weighted by atomic mass is 10.0. The van der Waals surface area contributed by atoms with Gasteiger partial charge in [-0.25, -0.2) is 0 Å². The zero-order chi connectivity index (χ0) is 14.0. The highest BCUT2D eigenvalue weighted by Crippen LogP contribution is 2.36. The second-order valence-corrected chi connectivity index (χ2v) is 5.40. The molecule has 2 atom stereocenters. The minimum atomic E-state index is -0.516. The van der Waals surface area contributed by atoms with Crippen molar-refractivity contribution in [2.75, 3.05) is 11.9 Å². The Labute approximate surface area is 121 Å². The zero-order valence-corrected chi connectivity index (χ0v) is 11.9. The van der Waals surface area contributed by atoms with E-state index in [4.69, 9.17) is 27.9 Å². The largest absolute Gasteiger partial charge is 0.380 e. The maximum absolute atomic E-state index is 10.7. The summed E-state index contributed by atoms with van der Waals surface area (Å²) in [5, 5.41) is 14.5. The Morgan fingerprint density at radius 1 is 1.42 bits per heavy atom. The van der Waals surface area contributed by atoms with Gasteiger partial charge in [-0.05, 0) is 19.8 Å². The molecular weight excluding hydrogens is 291 g/mol. The highest BCUT2D eigenvalue weighted by atomic mass is 35.5. The average Bonchev–Trinajstić information content (AvgIpc) is 2.33. The molecule has 2 rings (SSSR count). The maximum Gasteiger partial charge on any atom is 0.272 e. The minimum absolute atomic E-state index is 0.110. The maximum atomic E-state index is 10.7. The van der Waals surface area contributed by atoms with Crippen molar-refractivity contribution in [3.05, 3.63) is 32.3 Å². The number of anilines is 1. The first-order valence-corrected chi connectivity index (χ1v) is 6.74. The predicted octanol–water partition coefficient (Wildman–Crippen LogP) is 3.88. The summed E-state index contributed by atoms with van der Waals surface area (Å²) in [5.74, 6) is 0. The van der Waals surface area contributed by atoms with Crippen LogP contribution in [0.3, 0.4) is 0 Å². The van der Waals surface area contributed by atoms with Gasteiger partial charge in [0.05, 0.1) is 26.8 Å². The van der Waals surface area contributed by atoms with Gasteiger partial charge in [0.1, 0.15) is 0 Å². The van der Waals surface area contributed by atoms with Crippen LogP contribution in [-0.4, -0.2) is 23.7 Å². The fraction of sp³-hybridized carbons (Fsp3) is 0.500. The molecule has 0 aromatic heterocycles. The number of hydrogen-bond donors (Lipinski definition) is 1. The SMILES string of the molecule is CC1CC(Nc2c(Cl)cc([N+](=O)[O-])cc2Cl)CCO1. The van der Waals surface area contributed by atoms with E-state index in [9.17, 15) is 10.1 Å². The zero-order valence-electron chi connectivity index (χ0n) is 10.4. The standard InChI is InChI=1S/C12H14Cl2N2O3/c1-7-4-8(2-3-19-7)15-12-10(13)5-9(16(17)18)6-11(12)14/h5-8,15H,2-4H2,1H3. The van der Waals surface area contributed by atoms with Gasteiger partial charge >= 0.3 is 0 Å². The van der Waals surface area contributed by atoms with E-state index < -0.39 is 4.92 Å². The molecule has 5 nitrogen and oxygen atoms in total. The van der Waals surface area contributed by atoms with Crippen LogP contribution in [0.5, 0.6) is 0 Å². The third kappa shape index (κ3) is 3.49. The van der Waals surface area contributed by atoms with Gasteiger partial charge in [0.2, 0.25) is 0 Å². The number of non-ortho nitro benzene ring substituents is 1. The molecule has 1 saturated heterocycles. The number of ether oxygens (including phenoxy) is 1. The molecule has 1 N–H and O–H groups in total. The smallest absolute Gasteiger partial charge is 0.272 e. The van der Waals surface area contributed by atoms with Gasteiger partial charge in [0.15, 0.2) is 0 Å². The number of benzene rings is 1. The highest BCUT2D eigenvalue weighted by molar-refractivity contribution is 6.39. The Morgan fingerprint density at radius 2 is 2.05 bits per heavy atom. The number of hydrogen-bond acceptors (Lipinski definition) is 4. The molecule has 1 aromatic carbocycles. The third-order valence-electron chi connectivity index (χ3n) is 3.07. The van der Waals surface area contributed by atoms with Gasteiger partial charge in [0.25, 0.3) is 5.69 Å². The van der Waals surface area contributed by atoms with Gasteiger partial charge in [-0.3, -0.25) is 10.1 Å². The molecule has 19 heavy (non-hydrogen) atoms. The molecule has 0 bridgehead atoms. The molecule has 1 heterocycles. The van der Waals surface area contributed by atoms with E-state index in [1.54, 1.807) is 0 Å². The van der Waals surface area contributed by atoms with Crippen molar-refractivity contribution in [2.45, 2.75) is 31.9 Å². The van der Waals surface area contributed by atoms with Gasteiger partial charge in [-0.1, -0.05) is 23.2 Å². The van der Waals surface area contributed by atoms with E-state index in [2.05, 4.69) is 5.32 Å². The monoisotopic (exact) mass is 304 g/mol. The second kappa shape index (κ2) is 5.94. The molecule has 7 heteroatoms.